The molecule has 2 aromatic rings. The van der Waals surface area contributed by atoms with E-state index in [-0.39, 0.29) is 12.4 Å². The van der Waals surface area contributed by atoms with Gasteiger partial charge < -0.3 is 10.1 Å². The lowest BCUT2D eigenvalue weighted by Crippen LogP contribution is -2.07. The maximum atomic E-state index is 13.9. The van der Waals surface area contributed by atoms with Gasteiger partial charge in [-0.25, -0.2) is 4.39 Å². The Bertz CT molecular complexity index is 637. The van der Waals surface area contributed by atoms with Gasteiger partial charge in [0.05, 0.1) is 0 Å². The lowest BCUT2D eigenvalue weighted by atomic mass is 10.1. The van der Waals surface area contributed by atoms with Crippen LogP contribution in [-0.4, -0.2) is 7.05 Å². The summed E-state index contributed by atoms with van der Waals surface area (Å²) in [6, 6.07) is 9.26. The Hall–Kier alpha value is -1.87. The number of nitrogens with one attached hydrogen (secondary N) is 1. The molecule has 2 aromatic carbocycles. The standard InChI is InChI=1S/C18H22FNO/c1-12-7-13(2)14(3)18(8-12)21-11-16-9-15(10-20-4)5-6-17(16)19/h5-9,20H,10-11H2,1-4H3. The van der Waals surface area contributed by atoms with E-state index in [1.165, 1.54) is 11.6 Å². The van der Waals surface area contributed by atoms with Gasteiger partial charge in [-0.1, -0.05) is 12.1 Å². The first-order valence-electron chi connectivity index (χ1n) is 7.14. The molecule has 112 valence electrons. The molecule has 0 bridgehead atoms. The zero-order valence-corrected chi connectivity index (χ0v) is 13.1. The molecule has 0 aromatic heterocycles. The van der Waals surface area contributed by atoms with Gasteiger partial charge in [0, 0.05) is 12.1 Å². The molecule has 0 saturated heterocycles. The van der Waals surface area contributed by atoms with Crippen molar-refractivity contribution in [3.63, 3.8) is 0 Å². The first-order valence-corrected chi connectivity index (χ1v) is 7.14. The van der Waals surface area contributed by atoms with Gasteiger partial charge in [-0.15, -0.1) is 0 Å². The third kappa shape index (κ3) is 3.82. The highest BCUT2D eigenvalue weighted by molar-refractivity contribution is 5.42. The monoisotopic (exact) mass is 287 g/mol. The quantitative estimate of drug-likeness (QED) is 0.895. The van der Waals surface area contributed by atoms with Crippen LogP contribution in [0.5, 0.6) is 5.75 Å². The van der Waals surface area contributed by atoms with E-state index >= 15 is 0 Å². The second kappa shape index (κ2) is 6.72. The van der Waals surface area contributed by atoms with Crippen LogP contribution in [0.25, 0.3) is 0 Å². The molecular weight excluding hydrogens is 265 g/mol. The van der Waals surface area contributed by atoms with E-state index < -0.39 is 0 Å². The smallest absolute Gasteiger partial charge is 0.129 e. The second-order valence-corrected chi connectivity index (χ2v) is 5.45. The Kier molecular flexibility index (Phi) is 4.97. The first kappa shape index (κ1) is 15.5. The van der Waals surface area contributed by atoms with Crippen molar-refractivity contribution in [2.45, 2.75) is 33.9 Å². The molecule has 3 heteroatoms. The number of aryl methyl sites for hydroxylation is 2. The minimum Gasteiger partial charge on any atom is -0.489 e. The van der Waals surface area contributed by atoms with Crippen molar-refractivity contribution in [3.8, 4) is 5.75 Å². The molecule has 0 unspecified atom stereocenters. The molecule has 0 amide bonds. The Morgan fingerprint density at radius 1 is 1.10 bits per heavy atom. The van der Waals surface area contributed by atoms with Crippen LogP contribution < -0.4 is 10.1 Å². The fourth-order valence-electron chi connectivity index (χ4n) is 2.36. The summed E-state index contributed by atoms with van der Waals surface area (Å²) in [6.45, 7) is 7.08. The first-order chi connectivity index (χ1) is 10.0. The minimum atomic E-state index is -0.225. The highest BCUT2D eigenvalue weighted by atomic mass is 19.1. The Morgan fingerprint density at radius 3 is 2.57 bits per heavy atom. The van der Waals surface area contributed by atoms with Crippen molar-refractivity contribution in [1.82, 2.24) is 5.32 Å². The number of rotatable bonds is 5. The number of ether oxygens (including phenoxy) is 1. The molecular formula is C18H22FNO. The second-order valence-electron chi connectivity index (χ2n) is 5.45. The molecule has 0 saturated carbocycles. The SMILES string of the molecule is CNCc1ccc(F)c(COc2cc(C)cc(C)c2C)c1. The van der Waals surface area contributed by atoms with Gasteiger partial charge in [0.15, 0.2) is 0 Å². The van der Waals surface area contributed by atoms with Crippen LogP contribution in [-0.2, 0) is 13.2 Å². The van der Waals surface area contributed by atoms with Gasteiger partial charge in [-0.05, 0) is 68.3 Å². The Morgan fingerprint density at radius 2 is 1.86 bits per heavy atom. The average molecular weight is 287 g/mol. The molecule has 21 heavy (non-hydrogen) atoms. The predicted molar refractivity (Wildman–Crippen MR) is 84.1 cm³/mol. The molecule has 2 rings (SSSR count). The molecule has 0 spiro atoms. The number of hydrogen-bond donors (Lipinski definition) is 1. The van der Waals surface area contributed by atoms with Crippen LogP contribution in [0.1, 0.15) is 27.8 Å². The number of benzene rings is 2. The molecule has 0 atom stereocenters. The van der Waals surface area contributed by atoms with E-state index in [0.717, 1.165) is 29.0 Å². The zero-order valence-electron chi connectivity index (χ0n) is 13.1. The third-order valence-corrected chi connectivity index (χ3v) is 3.64. The minimum absolute atomic E-state index is 0.225. The maximum Gasteiger partial charge on any atom is 0.129 e. The van der Waals surface area contributed by atoms with Crippen molar-refractivity contribution >= 4 is 0 Å². The van der Waals surface area contributed by atoms with E-state index in [1.54, 1.807) is 6.07 Å². The fraction of sp³-hybridized carbons (Fsp3) is 0.333. The molecule has 0 aliphatic heterocycles. The Balaban J connectivity index is 2.18. The van der Waals surface area contributed by atoms with Crippen LogP contribution in [0.15, 0.2) is 30.3 Å². The summed E-state index contributed by atoms with van der Waals surface area (Å²) in [5.74, 6) is 0.600. The van der Waals surface area contributed by atoms with Gasteiger partial charge >= 0.3 is 0 Å². The van der Waals surface area contributed by atoms with Crippen LogP contribution in [0.3, 0.4) is 0 Å². The summed E-state index contributed by atoms with van der Waals surface area (Å²) < 4.78 is 19.7. The van der Waals surface area contributed by atoms with Gasteiger partial charge in [0.2, 0.25) is 0 Å². The Labute approximate surface area is 126 Å². The summed E-state index contributed by atoms with van der Waals surface area (Å²) in [4.78, 5) is 0. The molecule has 0 radical (unpaired) electrons. The predicted octanol–water partition coefficient (Wildman–Crippen LogP) is 4.05. The van der Waals surface area contributed by atoms with E-state index in [0.29, 0.717) is 5.56 Å². The van der Waals surface area contributed by atoms with Gasteiger partial charge in [-0.3, -0.25) is 0 Å². The molecule has 0 aliphatic rings. The van der Waals surface area contributed by atoms with Gasteiger partial charge in [-0.2, -0.15) is 0 Å². The molecule has 0 fully saturated rings. The van der Waals surface area contributed by atoms with Crippen LogP contribution in [0, 0.1) is 26.6 Å². The van der Waals surface area contributed by atoms with E-state index in [9.17, 15) is 4.39 Å². The summed E-state index contributed by atoms with van der Waals surface area (Å²) in [5.41, 5.74) is 5.08. The topological polar surface area (TPSA) is 21.3 Å². The van der Waals surface area contributed by atoms with Crippen LogP contribution in [0.4, 0.5) is 4.39 Å². The van der Waals surface area contributed by atoms with Crippen molar-refractivity contribution in [2.75, 3.05) is 7.05 Å². The summed E-state index contributed by atoms with van der Waals surface area (Å²) in [5, 5.41) is 3.07. The maximum absolute atomic E-state index is 13.9. The van der Waals surface area contributed by atoms with Crippen molar-refractivity contribution in [3.05, 3.63) is 64.0 Å². The fourth-order valence-corrected chi connectivity index (χ4v) is 2.36. The zero-order chi connectivity index (χ0) is 15.4. The van der Waals surface area contributed by atoms with Gasteiger partial charge in [0.1, 0.15) is 18.2 Å². The van der Waals surface area contributed by atoms with E-state index in [2.05, 4.69) is 18.3 Å². The van der Waals surface area contributed by atoms with Crippen LogP contribution in [0.2, 0.25) is 0 Å². The summed E-state index contributed by atoms with van der Waals surface area (Å²) in [7, 11) is 1.87. The van der Waals surface area contributed by atoms with Crippen LogP contribution >= 0.6 is 0 Å². The van der Waals surface area contributed by atoms with Crippen molar-refractivity contribution in [2.24, 2.45) is 0 Å². The van der Waals surface area contributed by atoms with Crippen molar-refractivity contribution in [1.29, 1.82) is 0 Å². The van der Waals surface area contributed by atoms with Crippen molar-refractivity contribution < 1.29 is 9.13 Å². The highest BCUT2D eigenvalue weighted by Gasteiger charge is 2.08. The molecule has 2 nitrogen and oxygen atoms in total. The lowest BCUT2D eigenvalue weighted by molar-refractivity contribution is 0.297. The third-order valence-electron chi connectivity index (χ3n) is 3.64. The molecule has 0 aliphatic carbocycles. The largest absolute Gasteiger partial charge is 0.489 e. The van der Waals surface area contributed by atoms with Gasteiger partial charge in [0.25, 0.3) is 0 Å². The summed E-state index contributed by atoms with van der Waals surface area (Å²) >= 11 is 0. The van der Waals surface area contributed by atoms with E-state index in [1.807, 2.05) is 33.0 Å². The summed E-state index contributed by atoms with van der Waals surface area (Å²) in [6.07, 6.45) is 0. The number of hydrogen-bond acceptors (Lipinski definition) is 2. The average Bonchev–Trinajstić information content (AvgIpc) is 2.44. The normalized spacial score (nSPS) is 10.7. The molecule has 0 heterocycles. The van der Waals surface area contributed by atoms with E-state index in [4.69, 9.17) is 4.74 Å². The highest BCUT2D eigenvalue weighted by Crippen LogP contribution is 2.24. The number of halogens is 1. The molecule has 1 N–H and O–H groups in total. The lowest BCUT2D eigenvalue weighted by Gasteiger charge is -2.13.